The van der Waals surface area contributed by atoms with Crippen molar-refractivity contribution in [3.63, 3.8) is 0 Å². The Morgan fingerprint density at radius 3 is 1.38 bits per heavy atom. The molecule has 0 radical (unpaired) electrons. The Morgan fingerprint density at radius 1 is 0.750 bits per heavy atom. The van der Waals surface area contributed by atoms with E-state index in [2.05, 4.69) is 23.8 Å². The summed E-state index contributed by atoms with van der Waals surface area (Å²) in [6, 6.07) is 0. The molecule has 0 rings (SSSR count). The predicted octanol–water partition coefficient (Wildman–Crippen LogP) is 0.238. The Morgan fingerprint density at radius 2 is 1.08 bits per heavy atom. The van der Waals surface area contributed by atoms with E-state index in [1.54, 1.807) is 0 Å². The van der Waals surface area contributed by atoms with E-state index in [-0.39, 0.29) is 26.3 Å². The first-order valence-corrected chi connectivity index (χ1v) is 7.47. The molecule has 0 unspecified atom stereocenters. The summed E-state index contributed by atoms with van der Waals surface area (Å²) in [5.74, 6) is -2.54. The quantitative estimate of drug-likeness (QED) is 0.255. The lowest BCUT2D eigenvalue weighted by atomic mass is 10.3. The Balaban J connectivity index is 3.68. The van der Waals surface area contributed by atoms with Gasteiger partial charge in [-0.15, -0.1) is 0 Å². The van der Waals surface area contributed by atoms with Crippen LogP contribution in [0.15, 0.2) is 24.3 Å². The summed E-state index contributed by atoms with van der Waals surface area (Å²) in [4.78, 5) is 45.1. The van der Waals surface area contributed by atoms with Crippen molar-refractivity contribution < 1.29 is 28.7 Å². The van der Waals surface area contributed by atoms with Crippen molar-refractivity contribution in [2.45, 2.75) is 26.7 Å². The van der Waals surface area contributed by atoms with Gasteiger partial charge in [-0.05, 0) is 26.7 Å². The van der Waals surface area contributed by atoms with E-state index in [4.69, 9.17) is 9.47 Å². The molecule has 0 heterocycles. The fraction of sp³-hybridized carbons (Fsp3) is 0.500. The third kappa shape index (κ3) is 10.1. The van der Waals surface area contributed by atoms with Crippen molar-refractivity contribution in [2.24, 2.45) is 0 Å². The Hall–Kier alpha value is -2.64. The van der Waals surface area contributed by atoms with Crippen LogP contribution >= 0.6 is 0 Å². The van der Waals surface area contributed by atoms with Crippen LogP contribution in [-0.2, 0) is 28.7 Å². The maximum atomic E-state index is 11.5. The number of esters is 2. The molecule has 0 aromatic carbocycles. The maximum absolute atomic E-state index is 11.5. The van der Waals surface area contributed by atoms with E-state index in [9.17, 15) is 19.2 Å². The zero-order valence-corrected chi connectivity index (χ0v) is 14.1. The Kier molecular flexibility index (Phi) is 10.6. The summed E-state index contributed by atoms with van der Waals surface area (Å²) in [7, 11) is 0. The van der Waals surface area contributed by atoms with Gasteiger partial charge in [0.1, 0.15) is 0 Å². The number of hydrogen-bond donors (Lipinski definition) is 2. The number of nitrogens with one attached hydrogen (secondary N) is 2. The molecule has 0 spiro atoms. The smallest absolute Gasteiger partial charge is 0.333 e. The molecule has 2 N–H and O–H groups in total. The number of amides is 2. The summed E-state index contributed by atoms with van der Waals surface area (Å²) >= 11 is 0. The molecule has 0 saturated heterocycles. The molecule has 0 aromatic rings. The predicted molar refractivity (Wildman–Crippen MR) is 86.8 cm³/mol. The molecule has 24 heavy (non-hydrogen) atoms. The zero-order valence-electron chi connectivity index (χ0n) is 14.1. The molecule has 0 atom stereocenters. The van der Waals surface area contributed by atoms with Crippen molar-refractivity contribution in [1.29, 1.82) is 0 Å². The van der Waals surface area contributed by atoms with Crippen LogP contribution < -0.4 is 10.6 Å². The molecule has 0 fully saturated rings. The average molecular weight is 340 g/mol. The highest BCUT2D eigenvalue weighted by Crippen LogP contribution is 1.93. The number of ether oxygens (including phenoxy) is 2. The summed E-state index contributed by atoms with van der Waals surface area (Å²) in [6.07, 6.45) is 0.768. The highest BCUT2D eigenvalue weighted by atomic mass is 16.5. The Labute approximate surface area is 141 Å². The van der Waals surface area contributed by atoms with Gasteiger partial charge in [0.25, 0.3) is 0 Å². The van der Waals surface area contributed by atoms with Crippen molar-refractivity contribution in [3.8, 4) is 0 Å². The molecule has 8 heteroatoms. The van der Waals surface area contributed by atoms with Crippen LogP contribution in [-0.4, -0.2) is 50.1 Å². The third-order valence-corrected chi connectivity index (χ3v) is 2.58. The minimum atomic E-state index is -0.778. The summed E-state index contributed by atoms with van der Waals surface area (Å²) in [6.45, 7) is 10.6. The number of rotatable bonds is 10. The van der Waals surface area contributed by atoms with Gasteiger partial charge in [-0.25, -0.2) is 9.59 Å². The second kappa shape index (κ2) is 11.9. The van der Waals surface area contributed by atoms with E-state index in [1.807, 2.05) is 0 Å². The second-order valence-electron chi connectivity index (χ2n) is 5.05. The lowest BCUT2D eigenvalue weighted by Gasteiger charge is -2.07. The summed E-state index contributed by atoms with van der Waals surface area (Å²) in [5.41, 5.74) is 0.597. The van der Waals surface area contributed by atoms with Crippen LogP contribution in [0.3, 0.4) is 0 Å². The highest BCUT2D eigenvalue weighted by Gasteiger charge is 2.12. The molecule has 0 aliphatic heterocycles. The number of carbonyl (C=O) groups is 4. The topological polar surface area (TPSA) is 111 Å². The standard InChI is InChI=1S/C16H24N2O6/c1-11(2)15(21)23-9-5-7-17-13(19)14(20)18-8-6-10-24-16(22)12(3)4/h1,3,5-10H2,2,4H3,(H,17,19)(H,18,20). The van der Waals surface area contributed by atoms with Crippen molar-refractivity contribution in [1.82, 2.24) is 10.6 Å². The van der Waals surface area contributed by atoms with Crippen LogP contribution in [0.25, 0.3) is 0 Å². The lowest BCUT2D eigenvalue weighted by Crippen LogP contribution is -2.41. The minimum absolute atomic E-state index is 0.127. The van der Waals surface area contributed by atoms with E-state index in [1.165, 1.54) is 13.8 Å². The fourth-order valence-corrected chi connectivity index (χ4v) is 1.28. The number of hydrogen-bond acceptors (Lipinski definition) is 6. The highest BCUT2D eigenvalue weighted by molar-refractivity contribution is 6.35. The fourth-order valence-electron chi connectivity index (χ4n) is 1.28. The molecule has 2 amide bonds. The first-order chi connectivity index (χ1) is 11.3. The second-order valence-corrected chi connectivity index (χ2v) is 5.05. The van der Waals surface area contributed by atoms with Gasteiger partial charge in [-0.3, -0.25) is 9.59 Å². The first kappa shape index (κ1) is 21.4. The van der Waals surface area contributed by atoms with Crippen molar-refractivity contribution in [2.75, 3.05) is 26.3 Å². The molecule has 0 aliphatic carbocycles. The Bertz CT molecular complexity index is 467. The molecule has 0 saturated carbocycles. The monoisotopic (exact) mass is 340 g/mol. The normalized spacial score (nSPS) is 9.58. The first-order valence-electron chi connectivity index (χ1n) is 7.47. The maximum Gasteiger partial charge on any atom is 0.333 e. The average Bonchev–Trinajstić information content (AvgIpc) is 2.52. The third-order valence-electron chi connectivity index (χ3n) is 2.58. The zero-order chi connectivity index (χ0) is 18.5. The molecule has 134 valence electrons. The molecule has 0 aromatic heterocycles. The van der Waals surface area contributed by atoms with Gasteiger partial charge >= 0.3 is 23.8 Å². The van der Waals surface area contributed by atoms with Gasteiger partial charge in [-0.1, -0.05) is 13.2 Å². The van der Waals surface area contributed by atoms with E-state index < -0.39 is 23.8 Å². The van der Waals surface area contributed by atoms with E-state index in [0.717, 1.165) is 0 Å². The van der Waals surface area contributed by atoms with Gasteiger partial charge in [0.2, 0.25) is 0 Å². The molecular weight excluding hydrogens is 316 g/mol. The minimum Gasteiger partial charge on any atom is -0.462 e. The van der Waals surface area contributed by atoms with Crippen LogP contribution in [0, 0.1) is 0 Å². The van der Waals surface area contributed by atoms with Crippen LogP contribution in [0.4, 0.5) is 0 Å². The van der Waals surface area contributed by atoms with Crippen LogP contribution in [0.5, 0.6) is 0 Å². The van der Waals surface area contributed by atoms with Crippen molar-refractivity contribution >= 4 is 23.8 Å². The number of carbonyl (C=O) groups excluding carboxylic acids is 4. The largest absolute Gasteiger partial charge is 0.462 e. The molecular formula is C16H24N2O6. The van der Waals surface area contributed by atoms with Gasteiger partial charge in [0.15, 0.2) is 0 Å². The van der Waals surface area contributed by atoms with Crippen molar-refractivity contribution in [3.05, 3.63) is 24.3 Å². The summed E-state index contributed by atoms with van der Waals surface area (Å²) in [5, 5.41) is 4.80. The van der Waals surface area contributed by atoms with Crippen LogP contribution in [0.1, 0.15) is 26.7 Å². The summed E-state index contributed by atoms with van der Waals surface area (Å²) < 4.78 is 9.67. The molecule has 0 bridgehead atoms. The van der Waals surface area contributed by atoms with E-state index >= 15 is 0 Å². The van der Waals surface area contributed by atoms with Gasteiger partial charge in [0, 0.05) is 24.2 Å². The molecule has 0 aliphatic rings. The van der Waals surface area contributed by atoms with Crippen LogP contribution in [0.2, 0.25) is 0 Å². The SMILES string of the molecule is C=C(C)C(=O)OCCCNC(=O)C(=O)NCCCOC(=O)C(=C)C. The van der Waals surface area contributed by atoms with Gasteiger partial charge in [0.05, 0.1) is 13.2 Å². The van der Waals surface area contributed by atoms with E-state index in [0.29, 0.717) is 24.0 Å². The molecule has 8 nitrogen and oxygen atoms in total. The van der Waals surface area contributed by atoms with Gasteiger partial charge < -0.3 is 20.1 Å². The van der Waals surface area contributed by atoms with Gasteiger partial charge in [-0.2, -0.15) is 0 Å². The lowest BCUT2D eigenvalue weighted by molar-refractivity contribution is -0.140.